The molecule has 0 bridgehead atoms. The number of nitrogens with two attached hydrogens (primary N) is 1. The molecule has 1 aromatic rings. The minimum atomic E-state index is -0.269. The Hall–Kier alpha value is -1.17. The van der Waals surface area contributed by atoms with Crippen LogP contribution >= 0.6 is 0 Å². The van der Waals surface area contributed by atoms with Gasteiger partial charge >= 0.3 is 0 Å². The van der Waals surface area contributed by atoms with Crippen molar-refractivity contribution in [2.24, 2.45) is 5.73 Å². The number of anilines is 1. The summed E-state index contributed by atoms with van der Waals surface area (Å²) in [6.45, 7) is 2.68. The van der Waals surface area contributed by atoms with Gasteiger partial charge in [0.2, 0.25) is 0 Å². The van der Waals surface area contributed by atoms with Gasteiger partial charge in [-0.15, -0.1) is 0 Å². The summed E-state index contributed by atoms with van der Waals surface area (Å²) in [5.41, 5.74) is 6.96. The number of rotatable bonds is 8. The molecule has 0 saturated heterocycles. The zero-order valence-corrected chi connectivity index (χ0v) is 11.0. The molecule has 0 aromatic heterocycles. The van der Waals surface area contributed by atoms with Crippen LogP contribution in [0.1, 0.15) is 5.56 Å². The molecule has 0 amide bonds. The topological polar surface area (TPSA) is 47.7 Å². The number of ether oxygens (including phenoxy) is 2. The van der Waals surface area contributed by atoms with Gasteiger partial charge in [0.1, 0.15) is 5.82 Å². The van der Waals surface area contributed by atoms with Crippen LogP contribution in [0.15, 0.2) is 18.2 Å². The second-order valence-electron chi connectivity index (χ2n) is 3.91. The summed E-state index contributed by atoms with van der Waals surface area (Å²) in [7, 11) is 3.29. The van der Waals surface area contributed by atoms with Crippen molar-refractivity contribution in [3.05, 3.63) is 29.6 Å². The third-order valence-electron chi connectivity index (χ3n) is 2.77. The highest BCUT2D eigenvalue weighted by Crippen LogP contribution is 2.22. The largest absolute Gasteiger partial charge is 0.383 e. The molecule has 0 atom stereocenters. The van der Waals surface area contributed by atoms with Crippen LogP contribution in [-0.2, 0) is 16.0 Å². The second-order valence-corrected chi connectivity index (χ2v) is 3.91. The Kier molecular flexibility index (Phi) is 6.64. The molecule has 1 aromatic carbocycles. The van der Waals surface area contributed by atoms with Crippen molar-refractivity contribution in [3.63, 3.8) is 0 Å². The van der Waals surface area contributed by atoms with Crippen LogP contribution in [0.5, 0.6) is 0 Å². The number of halogens is 1. The zero-order chi connectivity index (χ0) is 13.4. The number of benzene rings is 1. The van der Waals surface area contributed by atoms with E-state index in [1.807, 2.05) is 11.0 Å². The van der Waals surface area contributed by atoms with Gasteiger partial charge < -0.3 is 20.1 Å². The standard InChI is InChI=1S/C13H21FN2O2/c1-17-8-6-16(7-9-18-2)13-5-3-4-12(14)11(13)10-15/h3-5H,6-10,15H2,1-2H3. The van der Waals surface area contributed by atoms with Crippen LogP contribution < -0.4 is 10.6 Å². The first-order valence-electron chi connectivity index (χ1n) is 5.94. The van der Waals surface area contributed by atoms with Gasteiger partial charge in [-0.1, -0.05) is 6.07 Å². The quantitative estimate of drug-likeness (QED) is 0.763. The molecule has 0 aliphatic heterocycles. The van der Waals surface area contributed by atoms with Crippen molar-refractivity contribution in [1.82, 2.24) is 0 Å². The lowest BCUT2D eigenvalue weighted by Crippen LogP contribution is -2.32. The second kappa shape index (κ2) is 8.02. The number of hydrogen-bond acceptors (Lipinski definition) is 4. The number of nitrogens with zero attached hydrogens (tertiary/aromatic N) is 1. The molecule has 102 valence electrons. The summed E-state index contributed by atoms with van der Waals surface area (Å²) in [6, 6.07) is 4.99. The van der Waals surface area contributed by atoms with Crippen molar-refractivity contribution in [3.8, 4) is 0 Å². The molecule has 5 heteroatoms. The van der Waals surface area contributed by atoms with Crippen molar-refractivity contribution in [2.45, 2.75) is 6.54 Å². The predicted octanol–water partition coefficient (Wildman–Crippen LogP) is 1.38. The maximum Gasteiger partial charge on any atom is 0.129 e. The first-order chi connectivity index (χ1) is 8.74. The van der Waals surface area contributed by atoms with E-state index in [9.17, 15) is 4.39 Å². The molecule has 0 aliphatic rings. The summed E-state index contributed by atoms with van der Waals surface area (Å²) in [4.78, 5) is 2.03. The van der Waals surface area contributed by atoms with E-state index in [0.29, 0.717) is 31.9 Å². The molecule has 18 heavy (non-hydrogen) atoms. The third kappa shape index (κ3) is 3.94. The molecule has 0 heterocycles. The first-order valence-corrected chi connectivity index (χ1v) is 5.94. The Morgan fingerprint density at radius 1 is 1.17 bits per heavy atom. The summed E-state index contributed by atoms with van der Waals surface area (Å²) in [5.74, 6) is -0.269. The molecule has 4 nitrogen and oxygen atoms in total. The van der Waals surface area contributed by atoms with Crippen LogP contribution in [-0.4, -0.2) is 40.5 Å². The lowest BCUT2D eigenvalue weighted by Gasteiger charge is -2.26. The van der Waals surface area contributed by atoms with E-state index in [4.69, 9.17) is 15.2 Å². The van der Waals surface area contributed by atoms with Crippen LogP contribution in [0, 0.1) is 5.82 Å². The molecule has 1 rings (SSSR count). The lowest BCUT2D eigenvalue weighted by atomic mass is 10.1. The minimum absolute atomic E-state index is 0.179. The SMILES string of the molecule is COCCN(CCOC)c1cccc(F)c1CN. The monoisotopic (exact) mass is 256 g/mol. The van der Waals surface area contributed by atoms with Gasteiger partial charge in [0, 0.05) is 45.1 Å². The van der Waals surface area contributed by atoms with E-state index in [-0.39, 0.29) is 12.4 Å². The van der Waals surface area contributed by atoms with Gasteiger partial charge in [0.05, 0.1) is 13.2 Å². The lowest BCUT2D eigenvalue weighted by molar-refractivity contribution is 0.190. The molecule has 0 radical (unpaired) electrons. The normalized spacial score (nSPS) is 10.7. The van der Waals surface area contributed by atoms with Gasteiger partial charge in [-0.25, -0.2) is 4.39 Å². The molecule has 0 unspecified atom stereocenters. The van der Waals surface area contributed by atoms with Crippen LogP contribution in [0.25, 0.3) is 0 Å². The van der Waals surface area contributed by atoms with Crippen molar-refractivity contribution in [2.75, 3.05) is 45.4 Å². The van der Waals surface area contributed by atoms with Crippen LogP contribution in [0.3, 0.4) is 0 Å². The van der Waals surface area contributed by atoms with Crippen LogP contribution in [0.2, 0.25) is 0 Å². The number of hydrogen-bond donors (Lipinski definition) is 1. The average Bonchev–Trinajstić information content (AvgIpc) is 2.39. The summed E-state index contributed by atoms with van der Waals surface area (Å²) >= 11 is 0. The van der Waals surface area contributed by atoms with Gasteiger partial charge in [-0.3, -0.25) is 0 Å². The van der Waals surface area contributed by atoms with E-state index >= 15 is 0 Å². The fraction of sp³-hybridized carbons (Fsp3) is 0.538. The molecular weight excluding hydrogens is 235 g/mol. The predicted molar refractivity (Wildman–Crippen MR) is 70.3 cm³/mol. The Bertz CT molecular complexity index is 353. The molecular formula is C13H21FN2O2. The van der Waals surface area contributed by atoms with Gasteiger partial charge in [-0.05, 0) is 12.1 Å². The highest BCUT2D eigenvalue weighted by Gasteiger charge is 2.13. The Balaban J connectivity index is 2.91. The summed E-state index contributed by atoms with van der Waals surface area (Å²) in [6.07, 6.45) is 0. The molecule has 0 fully saturated rings. The van der Waals surface area contributed by atoms with Gasteiger partial charge in [0.15, 0.2) is 0 Å². The summed E-state index contributed by atoms with van der Waals surface area (Å²) < 4.78 is 23.8. The molecule has 2 N–H and O–H groups in total. The smallest absolute Gasteiger partial charge is 0.129 e. The molecule has 0 aliphatic carbocycles. The minimum Gasteiger partial charge on any atom is -0.383 e. The fourth-order valence-electron chi connectivity index (χ4n) is 1.80. The average molecular weight is 256 g/mol. The van der Waals surface area contributed by atoms with Crippen molar-refractivity contribution < 1.29 is 13.9 Å². The first kappa shape index (κ1) is 14.9. The van der Waals surface area contributed by atoms with Gasteiger partial charge in [-0.2, -0.15) is 0 Å². The van der Waals surface area contributed by atoms with Crippen LogP contribution in [0.4, 0.5) is 10.1 Å². The van der Waals surface area contributed by atoms with Crippen molar-refractivity contribution >= 4 is 5.69 Å². The Morgan fingerprint density at radius 2 is 1.78 bits per heavy atom. The highest BCUT2D eigenvalue weighted by molar-refractivity contribution is 5.54. The maximum atomic E-state index is 13.7. The fourth-order valence-corrected chi connectivity index (χ4v) is 1.80. The Labute approximate surface area is 107 Å². The van der Waals surface area contributed by atoms with E-state index in [2.05, 4.69) is 0 Å². The number of methoxy groups -OCH3 is 2. The highest BCUT2D eigenvalue weighted by atomic mass is 19.1. The van der Waals surface area contributed by atoms with Gasteiger partial charge in [0.25, 0.3) is 0 Å². The third-order valence-corrected chi connectivity index (χ3v) is 2.77. The van der Waals surface area contributed by atoms with E-state index in [1.54, 1.807) is 20.3 Å². The summed E-state index contributed by atoms with van der Waals surface area (Å²) in [5, 5.41) is 0. The van der Waals surface area contributed by atoms with E-state index in [0.717, 1.165) is 5.69 Å². The zero-order valence-electron chi connectivity index (χ0n) is 11.0. The Morgan fingerprint density at radius 3 is 2.28 bits per heavy atom. The van der Waals surface area contributed by atoms with E-state index in [1.165, 1.54) is 6.07 Å². The molecule has 0 spiro atoms. The van der Waals surface area contributed by atoms with E-state index < -0.39 is 0 Å². The van der Waals surface area contributed by atoms with Crippen molar-refractivity contribution in [1.29, 1.82) is 0 Å². The molecule has 0 saturated carbocycles. The maximum absolute atomic E-state index is 13.7.